The van der Waals surface area contributed by atoms with Gasteiger partial charge < -0.3 is 10.4 Å². The number of nitrogens with one attached hydrogen (secondary N) is 1. The van der Waals surface area contributed by atoms with Crippen LogP contribution in [0.4, 0.5) is 0 Å². The zero-order valence-corrected chi connectivity index (χ0v) is 11.9. The Morgan fingerprint density at radius 3 is 2.94 bits per heavy atom. The summed E-state index contributed by atoms with van der Waals surface area (Å²) in [5, 5.41) is 16.3. The largest absolute Gasteiger partial charge is 0.386 e. The molecular formula is C11H10BrNO2S2. The second-order valence-corrected chi connectivity index (χ2v) is 6.18. The van der Waals surface area contributed by atoms with E-state index in [9.17, 15) is 9.90 Å². The van der Waals surface area contributed by atoms with Crippen molar-refractivity contribution in [2.45, 2.75) is 6.10 Å². The maximum absolute atomic E-state index is 11.7. The summed E-state index contributed by atoms with van der Waals surface area (Å²) in [7, 11) is 0. The number of halogens is 1. The standard InChI is InChI=1S/C11H10BrNO2S2/c12-7-4-10(17-6-7)11(15)13-5-8(14)9-2-1-3-16-9/h1-4,6,8,14H,5H2,(H,13,15). The van der Waals surface area contributed by atoms with Gasteiger partial charge in [0.05, 0.1) is 4.88 Å². The van der Waals surface area contributed by atoms with Gasteiger partial charge in [0.15, 0.2) is 0 Å². The van der Waals surface area contributed by atoms with Crippen LogP contribution in [0.25, 0.3) is 0 Å². The Labute approximate surface area is 115 Å². The minimum absolute atomic E-state index is 0.156. The number of hydrogen-bond acceptors (Lipinski definition) is 4. The molecule has 17 heavy (non-hydrogen) atoms. The zero-order chi connectivity index (χ0) is 12.3. The predicted octanol–water partition coefficient (Wildman–Crippen LogP) is 3.04. The molecule has 0 saturated carbocycles. The average molecular weight is 332 g/mol. The van der Waals surface area contributed by atoms with Crippen LogP contribution < -0.4 is 5.32 Å². The minimum atomic E-state index is -0.637. The van der Waals surface area contributed by atoms with Crippen LogP contribution in [0, 0.1) is 0 Å². The lowest BCUT2D eigenvalue weighted by Crippen LogP contribution is -2.27. The first-order valence-electron chi connectivity index (χ1n) is 4.90. The molecule has 0 aliphatic carbocycles. The lowest BCUT2D eigenvalue weighted by atomic mass is 10.3. The highest BCUT2D eigenvalue weighted by Crippen LogP contribution is 2.20. The van der Waals surface area contributed by atoms with Gasteiger partial charge in [-0.15, -0.1) is 22.7 Å². The van der Waals surface area contributed by atoms with Gasteiger partial charge in [-0.05, 0) is 33.4 Å². The SMILES string of the molecule is O=C(NCC(O)c1cccs1)c1cc(Br)cs1. The van der Waals surface area contributed by atoms with Crippen LogP contribution in [0.2, 0.25) is 0 Å². The summed E-state index contributed by atoms with van der Waals surface area (Å²) in [6, 6.07) is 5.49. The minimum Gasteiger partial charge on any atom is -0.386 e. The van der Waals surface area contributed by atoms with Crippen LogP contribution in [-0.2, 0) is 0 Å². The van der Waals surface area contributed by atoms with Gasteiger partial charge in [0, 0.05) is 21.3 Å². The molecule has 2 N–H and O–H groups in total. The zero-order valence-electron chi connectivity index (χ0n) is 8.72. The van der Waals surface area contributed by atoms with E-state index in [1.54, 1.807) is 6.07 Å². The highest BCUT2D eigenvalue weighted by atomic mass is 79.9. The number of carbonyl (C=O) groups is 1. The van der Waals surface area contributed by atoms with E-state index in [2.05, 4.69) is 21.2 Å². The molecule has 0 aromatic carbocycles. The molecule has 0 fully saturated rings. The Kier molecular flexibility index (Phi) is 4.33. The molecule has 0 spiro atoms. The highest BCUT2D eigenvalue weighted by Gasteiger charge is 2.12. The quantitative estimate of drug-likeness (QED) is 0.904. The second kappa shape index (κ2) is 5.77. The molecule has 6 heteroatoms. The third-order valence-corrected chi connectivity index (χ3v) is 4.78. The summed E-state index contributed by atoms with van der Waals surface area (Å²) in [5.74, 6) is -0.156. The van der Waals surface area contributed by atoms with E-state index in [1.165, 1.54) is 22.7 Å². The van der Waals surface area contributed by atoms with E-state index in [-0.39, 0.29) is 12.5 Å². The van der Waals surface area contributed by atoms with E-state index >= 15 is 0 Å². The van der Waals surface area contributed by atoms with Gasteiger partial charge in [0.1, 0.15) is 6.10 Å². The molecule has 0 aliphatic rings. The first-order valence-corrected chi connectivity index (χ1v) is 7.46. The third kappa shape index (κ3) is 3.38. The summed E-state index contributed by atoms with van der Waals surface area (Å²) in [6.07, 6.45) is -0.637. The first-order chi connectivity index (χ1) is 8.16. The van der Waals surface area contributed by atoms with E-state index in [4.69, 9.17) is 0 Å². The number of hydrogen-bond donors (Lipinski definition) is 2. The molecule has 2 rings (SSSR count). The normalized spacial score (nSPS) is 12.4. The van der Waals surface area contributed by atoms with Gasteiger partial charge in [-0.1, -0.05) is 6.07 Å². The predicted molar refractivity (Wildman–Crippen MR) is 73.6 cm³/mol. The molecule has 2 aromatic rings. The first kappa shape index (κ1) is 12.8. The van der Waals surface area contributed by atoms with E-state index in [1.807, 2.05) is 22.9 Å². The van der Waals surface area contributed by atoms with Gasteiger partial charge in [0.25, 0.3) is 5.91 Å². The fourth-order valence-electron chi connectivity index (χ4n) is 1.29. The van der Waals surface area contributed by atoms with Crippen molar-refractivity contribution >= 4 is 44.5 Å². The summed E-state index contributed by atoms with van der Waals surface area (Å²) < 4.78 is 0.895. The molecule has 0 radical (unpaired) electrons. The number of rotatable bonds is 4. The Hall–Kier alpha value is -0.690. The summed E-state index contributed by atoms with van der Waals surface area (Å²) in [5.41, 5.74) is 0. The van der Waals surface area contributed by atoms with Gasteiger partial charge in [0.2, 0.25) is 0 Å². The van der Waals surface area contributed by atoms with Crippen molar-refractivity contribution in [2.24, 2.45) is 0 Å². The smallest absolute Gasteiger partial charge is 0.261 e. The van der Waals surface area contributed by atoms with E-state index < -0.39 is 6.10 Å². The van der Waals surface area contributed by atoms with Crippen LogP contribution in [0.5, 0.6) is 0 Å². The van der Waals surface area contributed by atoms with E-state index in [0.29, 0.717) is 4.88 Å². The molecule has 0 saturated heterocycles. The van der Waals surface area contributed by atoms with Crippen LogP contribution in [-0.4, -0.2) is 17.6 Å². The third-order valence-electron chi connectivity index (χ3n) is 2.12. The molecule has 2 heterocycles. The van der Waals surface area contributed by atoms with Crippen molar-refractivity contribution in [3.8, 4) is 0 Å². The topological polar surface area (TPSA) is 49.3 Å². The molecule has 90 valence electrons. The van der Waals surface area contributed by atoms with Crippen LogP contribution in [0.15, 0.2) is 33.4 Å². The van der Waals surface area contributed by atoms with Gasteiger partial charge in [-0.25, -0.2) is 0 Å². The molecule has 1 amide bonds. The molecule has 0 bridgehead atoms. The molecular weight excluding hydrogens is 322 g/mol. The van der Waals surface area contributed by atoms with Crippen molar-refractivity contribution < 1.29 is 9.90 Å². The van der Waals surface area contributed by atoms with Crippen LogP contribution >= 0.6 is 38.6 Å². The Morgan fingerprint density at radius 1 is 1.53 bits per heavy atom. The maximum atomic E-state index is 11.7. The summed E-state index contributed by atoms with van der Waals surface area (Å²) >= 11 is 6.14. The van der Waals surface area contributed by atoms with Crippen LogP contribution in [0.3, 0.4) is 0 Å². The van der Waals surface area contributed by atoms with Crippen molar-refractivity contribution in [1.29, 1.82) is 0 Å². The van der Waals surface area contributed by atoms with Gasteiger partial charge >= 0.3 is 0 Å². The average Bonchev–Trinajstić information content (AvgIpc) is 2.95. The number of thiophene rings is 2. The Morgan fingerprint density at radius 2 is 2.35 bits per heavy atom. The molecule has 0 aliphatic heterocycles. The fourth-order valence-corrected chi connectivity index (χ4v) is 3.34. The fraction of sp³-hybridized carbons (Fsp3) is 0.182. The molecule has 1 unspecified atom stereocenters. The number of aliphatic hydroxyl groups excluding tert-OH is 1. The van der Waals surface area contributed by atoms with Crippen molar-refractivity contribution in [3.05, 3.63) is 43.2 Å². The monoisotopic (exact) mass is 331 g/mol. The van der Waals surface area contributed by atoms with E-state index in [0.717, 1.165) is 9.35 Å². The number of aliphatic hydroxyl groups is 1. The van der Waals surface area contributed by atoms with Crippen molar-refractivity contribution in [1.82, 2.24) is 5.32 Å². The lowest BCUT2D eigenvalue weighted by Gasteiger charge is -2.09. The highest BCUT2D eigenvalue weighted by molar-refractivity contribution is 9.10. The lowest BCUT2D eigenvalue weighted by molar-refractivity contribution is 0.0922. The summed E-state index contributed by atoms with van der Waals surface area (Å²) in [4.78, 5) is 13.2. The number of amides is 1. The molecule has 3 nitrogen and oxygen atoms in total. The van der Waals surface area contributed by atoms with Crippen LogP contribution in [0.1, 0.15) is 20.7 Å². The van der Waals surface area contributed by atoms with Gasteiger partial charge in [-0.3, -0.25) is 4.79 Å². The summed E-state index contributed by atoms with van der Waals surface area (Å²) in [6.45, 7) is 0.231. The second-order valence-electron chi connectivity index (χ2n) is 3.37. The molecule has 1 atom stereocenters. The maximum Gasteiger partial charge on any atom is 0.261 e. The van der Waals surface area contributed by atoms with Crippen molar-refractivity contribution in [3.63, 3.8) is 0 Å². The molecule has 2 aromatic heterocycles. The van der Waals surface area contributed by atoms with Gasteiger partial charge in [-0.2, -0.15) is 0 Å². The Bertz CT molecular complexity index is 495. The van der Waals surface area contributed by atoms with Crippen molar-refractivity contribution in [2.75, 3.05) is 6.54 Å². The number of carbonyl (C=O) groups excluding carboxylic acids is 1. The Balaban J connectivity index is 1.88.